The van der Waals surface area contributed by atoms with Gasteiger partial charge in [0.2, 0.25) is 5.91 Å². The molecule has 1 aliphatic heterocycles. The van der Waals surface area contributed by atoms with Crippen molar-refractivity contribution in [1.29, 1.82) is 0 Å². The molecule has 1 aliphatic carbocycles. The molecule has 0 spiro atoms. The number of piperazine rings is 1. The van der Waals surface area contributed by atoms with Crippen molar-refractivity contribution in [2.24, 2.45) is 0 Å². The van der Waals surface area contributed by atoms with Crippen LogP contribution in [0.3, 0.4) is 0 Å². The maximum atomic E-state index is 12.4. The van der Waals surface area contributed by atoms with Crippen molar-refractivity contribution in [3.8, 4) is 0 Å². The Hall–Kier alpha value is -1.79. The lowest BCUT2D eigenvalue weighted by molar-refractivity contribution is -0.140. The summed E-state index contributed by atoms with van der Waals surface area (Å²) in [7, 11) is 0. The Morgan fingerprint density at radius 2 is 2.05 bits per heavy atom. The molecule has 0 aromatic carbocycles. The molecule has 112 valence electrons. The zero-order chi connectivity index (χ0) is 15.0. The summed E-state index contributed by atoms with van der Waals surface area (Å²) < 4.78 is 0. The molecule has 20 heavy (non-hydrogen) atoms. The monoisotopic (exact) mass is 283 g/mol. The van der Waals surface area contributed by atoms with E-state index in [0.717, 1.165) is 6.42 Å². The van der Waals surface area contributed by atoms with E-state index in [4.69, 9.17) is 5.11 Å². The second kappa shape index (κ2) is 4.96. The summed E-state index contributed by atoms with van der Waals surface area (Å²) in [6.45, 7) is 4.22. The number of rotatable bonds is 3. The zero-order valence-electron chi connectivity index (χ0n) is 11.9. The Morgan fingerprint density at radius 3 is 2.55 bits per heavy atom. The van der Waals surface area contributed by atoms with Crippen molar-refractivity contribution < 1.29 is 19.5 Å². The molecule has 2 fully saturated rings. The topological polar surface area (TPSA) is 98.7 Å². The fraction of sp³-hybridized carbons (Fsp3) is 0.769. The van der Waals surface area contributed by atoms with Crippen molar-refractivity contribution in [3.05, 3.63) is 0 Å². The van der Waals surface area contributed by atoms with Gasteiger partial charge in [-0.1, -0.05) is 0 Å². The molecular formula is C13H21N3O4. The predicted molar refractivity (Wildman–Crippen MR) is 71.2 cm³/mol. The maximum absolute atomic E-state index is 12.4. The summed E-state index contributed by atoms with van der Waals surface area (Å²) >= 11 is 0. The minimum absolute atomic E-state index is 0.0702. The predicted octanol–water partition coefficient (Wildman–Crippen LogP) is 0.304. The van der Waals surface area contributed by atoms with Gasteiger partial charge >= 0.3 is 12.0 Å². The van der Waals surface area contributed by atoms with E-state index in [1.165, 1.54) is 4.90 Å². The van der Waals surface area contributed by atoms with Crippen LogP contribution in [-0.4, -0.2) is 52.1 Å². The Kier molecular flexibility index (Phi) is 3.62. The third-order valence-corrected chi connectivity index (χ3v) is 4.27. The molecule has 7 heteroatoms. The van der Waals surface area contributed by atoms with Crippen LogP contribution in [0.2, 0.25) is 0 Å². The Morgan fingerprint density at radius 1 is 1.40 bits per heavy atom. The number of hydrogen-bond donors (Lipinski definition) is 3. The van der Waals surface area contributed by atoms with Gasteiger partial charge in [0.05, 0.1) is 12.0 Å². The first-order valence-electron chi connectivity index (χ1n) is 6.87. The van der Waals surface area contributed by atoms with Crippen LogP contribution in [0.4, 0.5) is 4.79 Å². The van der Waals surface area contributed by atoms with E-state index in [1.54, 1.807) is 13.8 Å². The van der Waals surface area contributed by atoms with E-state index in [9.17, 15) is 14.4 Å². The Balaban J connectivity index is 2.07. The summed E-state index contributed by atoms with van der Waals surface area (Å²) in [5.74, 6) is -1.11. The van der Waals surface area contributed by atoms with Gasteiger partial charge in [0.1, 0.15) is 5.54 Å². The van der Waals surface area contributed by atoms with Gasteiger partial charge in [0.15, 0.2) is 0 Å². The van der Waals surface area contributed by atoms with Crippen LogP contribution in [-0.2, 0) is 9.59 Å². The van der Waals surface area contributed by atoms with E-state index in [2.05, 4.69) is 10.6 Å². The van der Waals surface area contributed by atoms with E-state index in [0.29, 0.717) is 25.9 Å². The fourth-order valence-corrected chi connectivity index (χ4v) is 2.79. The zero-order valence-corrected chi connectivity index (χ0v) is 11.9. The van der Waals surface area contributed by atoms with Crippen molar-refractivity contribution in [2.45, 2.75) is 50.6 Å². The number of carboxylic acids is 1. The van der Waals surface area contributed by atoms with Crippen LogP contribution in [0.1, 0.15) is 39.5 Å². The molecule has 1 saturated heterocycles. The molecule has 1 heterocycles. The van der Waals surface area contributed by atoms with Crippen molar-refractivity contribution >= 4 is 17.9 Å². The summed E-state index contributed by atoms with van der Waals surface area (Å²) in [5, 5.41) is 14.5. The van der Waals surface area contributed by atoms with E-state index in [-0.39, 0.29) is 18.4 Å². The summed E-state index contributed by atoms with van der Waals surface area (Å²) in [4.78, 5) is 36.6. The lowest BCUT2D eigenvalue weighted by Crippen LogP contribution is -2.68. The second-order valence-corrected chi connectivity index (χ2v) is 6.10. The standard InChI is InChI=1S/C13H21N3O4/c1-12(2)10(19)14-6-7-16(12)11(20)15-13(4-3-5-13)8-9(17)18/h3-8H2,1-2H3,(H,14,19)(H,15,20)(H,17,18). The molecular weight excluding hydrogens is 262 g/mol. The molecule has 1 saturated carbocycles. The molecule has 2 rings (SSSR count). The fourth-order valence-electron chi connectivity index (χ4n) is 2.79. The van der Waals surface area contributed by atoms with Crippen molar-refractivity contribution in [2.75, 3.05) is 13.1 Å². The van der Waals surface area contributed by atoms with Gasteiger partial charge in [-0.25, -0.2) is 4.79 Å². The minimum Gasteiger partial charge on any atom is -0.481 e. The van der Waals surface area contributed by atoms with Gasteiger partial charge in [-0.2, -0.15) is 0 Å². The van der Waals surface area contributed by atoms with Gasteiger partial charge in [-0.15, -0.1) is 0 Å². The molecule has 0 bridgehead atoms. The van der Waals surface area contributed by atoms with Crippen LogP contribution in [0.15, 0.2) is 0 Å². The molecule has 0 atom stereocenters. The molecule has 0 radical (unpaired) electrons. The quantitative estimate of drug-likeness (QED) is 0.694. The van der Waals surface area contributed by atoms with E-state index in [1.807, 2.05) is 0 Å². The average molecular weight is 283 g/mol. The normalized spacial score (nSPS) is 23.5. The van der Waals surface area contributed by atoms with Crippen LogP contribution >= 0.6 is 0 Å². The molecule has 0 aromatic rings. The number of carbonyl (C=O) groups is 3. The number of carbonyl (C=O) groups excluding carboxylic acids is 2. The van der Waals surface area contributed by atoms with Gasteiger partial charge < -0.3 is 20.6 Å². The number of urea groups is 1. The summed E-state index contributed by atoms with van der Waals surface area (Å²) in [6, 6.07) is -0.356. The van der Waals surface area contributed by atoms with Gasteiger partial charge in [-0.05, 0) is 33.1 Å². The molecule has 3 N–H and O–H groups in total. The Labute approximate surface area is 117 Å². The average Bonchev–Trinajstić information content (AvgIpc) is 2.29. The molecule has 7 nitrogen and oxygen atoms in total. The third-order valence-electron chi connectivity index (χ3n) is 4.27. The minimum atomic E-state index is -0.920. The van der Waals surface area contributed by atoms with Crippen LogP contribution < -0.4 is 10.6 Å². The van der Waals surface area contributed by atoms with Crippen LogP contribution in [0.5, 0.6) is 0 Å². The van der Waals surface area contributed by atoms with Crippen molar-refractivity contribution in [3.63, 3.8) is 0 Å². The van der Waals surface area contributed by atoms with E-state index < -0.39 is 17.0 Å². The molecule has 0 unspecified atom stereocenters. The first-order valence-corrected chi connectivity index (χ1v) is 6.87. The highest BCUT2D eigenvalue weighted by Crippen LogP contribution is 2.35. The summed E-state index contributed by atoms with van der Waals surface area (Å²) in [5.41, 5.74) is -1.57. The molecule has 2 aliphatic rings. The number of hydrogen-bond acceptors (Lipinski definition) is 3. The molecule has 0 aromatic heterocycles. The highest BCUT2D eigenvalue weighted by molar-refractivity contribution is 5.91. The first kappa shape index (κ1) is 14.6. The van der Waals surface area contributed by atoms with Crippen molar-refractivity contribution in [1.82, 2.24) is 15.5 Å². The van der Waals surface area contributed by atoms with Gasteiger partial charge in [-0.3, -0.25) is 9.59 Å². The number of nitrogens with one attached hydrogen (secondary N) is 2. The lowest BCUT2D eigenvalue weighted by atomic mass is 9.74. The molecule has 3 amide bonds. The smallest absolute Gasteiger partial charge is 0.318 e. The number of nitrogens with zero attached hydrogens (tertiary/aromatic N) is 1. The second-order valence-electron chi connectivity index (χ2n) is 6.10. The summed E-state index contributed by atoms with van der Waals surface area (Å²) in [6.07, 6.45) is 2.19. The van der Waals surface area contributed by atoms with Crippen LogP contribution in [0, 0.1) is 0 Å². The number of aliphatic carboxylic acids is 1. The number of amides is 3. The highest BCUT2D eigenvalue weighted by atomic mass is 16.4. The van der Waals surface area contributed by atoms with Gasteiger partial charge in [0, 0.05) is 13.1 Å². The van der Waals surface area contributed by atoms with E-state index >= 15 is 0 Å². The lowest BCUT2D eigenvalue weighted by Gasteiger charge is -2.46. The third kappa shape index (κ3) is 2.57. The largest absolute Gasteiger partial charge is 0.481 e. The van der Waals surface area contributed by atoms with Crippen LogP contribution in [0.25, 0.3) is 0 Å². The first-order chi connectivity index (χ1) is 9.27. The maximum Gasteiger partial charge on any atom is 0.318 e. The highest BCUT2D eigenvalue weighted by Gasteiger charge is 2.45. The SMILES string of the molecule is CC1(C)C(=O)NCCN1C(=O)NC1(CC(=O)O)CCC1. The Bertz CT molecular complexity index is 443. The van der Waals surface area contributed by atoms with Gasteiger partial charge in [0.25, 0.3) is 0 Å². The number of carboxylic acid groups (broad SMARTS) is 1.